The number of carbonyl (C=O) groups excluding carboxylic acids is 1. The highest BCUT2D eigenvalue weighted by Crippen LogP contribution is 2.20. The van der Waals surface area contributed by atoms with Crippen LogP contribution in [0.4, 0.5) is 5.69 Å². The Morgan fingerprint density at radius 2 is 1.88 bits per heavy atom. The zero-order chi connectivity index (χ0) is 17.7. The van der Waals surface area contributed by atoms with Gasteiger partial charge in [0.25, 0.3) is 0 Å². The third kappa shape index (κ3) is 4.41. The molecule has 1 unspecified atom stereocenters. The van der Waals surface area contributed by atoms with Crippen LogP contribution in [0.1, 0.15) is 31.0 Å². The first-order chi connectivity index (χ1) is 11.3. The van der Waals surface area contributed by atoms with Crippen LogP contribution in [-0.4, -0.2) is 14.3 Å². The molecule has 0 saturated carbocycles. The van der Waals surface area contributed by atoms with E-state index in [1.165, 1.54) is 25.1 Å². The van der Waals surface area contributed by atoms with Gasteiger partial charge in [-0.2, -0.15) is 5.26 Å². The van der Waals surface area contributed by atoms with Crippen molar-refractivity contribution < 1.29 is 13.2 Å². The summed E-state index contributed by atoms with van der Waals surface area (Å²) in [6, 6.07) is 14.2. The number of nitriles is 1. The summed E-state index contributed by atoms with van der Waals surface area (Å²) in [5.74, 6) is -0.200. The molecule has 0 aliphatic heterocycles. The molecule has 7 heteroatoms. The molecule has 2 aromatic rings. The standard InChI is InChI=1S/C17H17N3O3S/c1-12(15-6-4-7-16(10-15)19-13(2)21)20-24(22,23)17-8-3-5-14(9-17)11-18/h3-10,12,20H,1-2H3,(H,19,21). The van der Waals surface area contributed by atoms with Crippen LogP contribution in [-0.2, 0) is 14.8 Å². The molecular formula is C17H17N3O3S. The molecule has 0 bridgehead atoms. The molecule has 2 aromatic carbocycles. The largest absolute Gasteiger partial charge is 0.326 e. The van der Waals surface area contributed by atoms with Gasteiger partial charge in [-0.1, -0.05) is 18.2 Å². The van der Waals surface area contributed by atoms with Crippen molar-refractivity contribution in [3.8, 4) is 6.07 Å². The topological polar surface area (TPSA) is 99.1 Å². The SMILES string of the molecule is CC(=O)Nc1cccc(C(C)NS(=O)(=O)c2cccc(C#N)c2)c1. The number of anilines is 1. The van der Waals surface area contributed by atoms with E-state index in [0.717, 1.165) is 0 Å². The van der Waals surface area contributed by atoms with Crippen LogP contribution in [0.2, 0.25) is 0 Å². The fourth-order valence-electron chi connectivity index (χ4n) is 2.19. The van der Waals surface area contributed by atoms with Gasteiger partial charge in [-0.05, 0) is 42.8 Å². The average Bonchev–Trinajstić information content (AvgIpc) is 2.54. The van der Waals surface area contributed by atoms with E-state index in [4.69, 9.17) is 5.26 Å². The van der Waals surface area contributed by atoms with E-state index in [2.05, 4.69) is 10.0 Å². The minimum atomic E-state index is -3.76. The third-order valence-corrected chi connectivity index (χ3v) is 4.85. The zero-order valence-corrected chi connectivity index (χ0v) is 14.1. The van der Waals surface area contributed by atoms with Crippen molar-refractivity contribution in [2.45, 2.75) is 24.8 Å². The lowest BCUT2D eigenvalue weighted by molar-refractivity contribution is -0.114. The number of nitrogens with zero attached hydrogens (tertiary/aromatic N) is 1. The van der Waals surface area contributed by atoms with Gasteiger partial charge in [0.2, 0.25) is 15.9 Å². The van der Waals surface area contributed by atoms with Gasteiger partial charge >= 0.3 is 0 Å². The predicted molar refractivity (Wildman–Crippen MR) is 90.6 cm³/mol. The number of nitrogens with one attached hydrogen (secondary N) is 2. The molecule has 2 rings (SSSR count). The van der Waals surface area contributed by atoms with Crippen molar-refractivity contribution in [2.24, 2.45) is 0 Å². The predicted octanol–water partition coefficient (Wildman–Crippen LogP) is 2.56. The summed E-state index contributed by atoms with van der Waals surface area (Å²) in [5, 5.41) is 11.5. The van der Waals surface area contributed by atoms with E-state index < -0.39 is 16.1 Å². The van der Waals surface area contributed by atoms with Crippen molar-refractivity contribution in [3.63, 3.8) is 0 Å². The van der Waals surface area contributed by atoms with Crippen LogP contribution in [0.25, 0.3) is 0 Å². The molecule has 0 aromatic heterocycles. The van der Waals surface area contributed by atoms with Crippen LogP contribution in [0.5, 0.6) is 0 Å². The van der Waals surface area contributed by atoms with Crippen LogP contribution in [0.3, 0.4) is 0 Å². The van der Waals surface area contributed by atoms with Crippen molar-refractivity contribution in [1.29, 1.82) is 5.26 Å². The minimum Gasteiger partial charge on any atom is -0.326 e. The minimum absolute atomic E-state index is 0.0337. The van der Waals surface area contributed by atoms with Gasteiger partial charge in [-0.3, -0.25) is 4.79 Å². The maximum Gasteiger partial charge on any atom is 0.241 e. The van der Waals surface area contributed by atoms with Gasteiger partial charge in [0.1, 0.15) is 0 Å². The summed E-state index contributed by atoms with van der Waals surface area (Å²) in [7, 11) is -3.76. The van der Waals surface area contributed by atoms with Crippen LogP contribution >= 0.6 is 0 Å². The number of hydrogen-bond donors (Lipinski definition) is 2. The molecule has 0 fully saturated rings. The molecule has 0 radical (unpaired) electrons. The fraction of sp³-hybridized carbons (Fsp3) is 0.176. The Kier molecular flexibility index (Phi) is 5.34. The van der Waals surface area contributed by atoms with Crippen LogP contribution < -0.4 is 10.0 Å². The first-order valence-electron chi connectivity index (χ1n) is 7.22. The third-order valence-electron chi connectivity index (χ3n) is 3.31. The Morgan fingerprint density at radius 3 is 2.54 bits per heavy atom. The lowest BCUT2D eigenvalue weighted by Gasteiger charge is -2.16. The molecule has 0 aliphatic rings. The van der Waals surface area contributed by atoms with E-state index in [1.807, 2.05) is 6.07 Å². The number of sulfonamides is 1. The molecule has 24 heavy (non-hydrogen) atoms. The van der Waals surface area contributed by atoms with E-state index in [-0.39, 0.29) is 16.4 Å². The van der Waals surface area contributed by atoms with Crippen molar-refractivity contribution in [3.05, 3.63) is 59.7 Å². The zero-order valence-electron chi connectivity index (χ0n) is 13.3. The summed E-state index contributed by atoms with van der Waals surface area (Å²) in [6.07, 6.45) is 0. The summed E-state index contributed by atoms with van der Waals surface area (Å²) in [6.45, 7) is 3.11. The highest BCUT2D eigenvalue weighted by molar-refractivity contribution is 7.89. The van der Waals surface area contributed by atoms with Gasteiger partial charge < -0.3 is 5.32 Å². The molecule has 2 N–H and O–H groups in total. The number of amides is 1. The number of carbonyl (C=O) groups is 1. The molecule has 1 amide bonds. The first kappa shape index (κ1) is 17.7. The number of benzene rings is 2. The molecule has 124 valence electrons. The monoisotopic (exact) mass is 343 g/mol. The maximum absolute atomic E-state index is 12.5. The van der Waals surface area contributed by atoms with E-state index >= 15 is 0 Å². The lowest BCUT2D eigenvalue weighted by Crippen LogP contribution is -2.27. The van der Waals surface area contributed by atoms with Crippen molar-refractivity contribution in [2.75, 3.05) is 5.32 Å². The number of rotatable bonds is 5. The Labute approximate surface area is 141 Å². The Balaban J connectivity index is 2.23. The Morgan fingerprint density at radius 1 is 1.17 bits per heavy atom. The summed E-state index contributed by atoms with van der Waals surface area (Å²) >= 11 is 0. The highest BCUT2D eigenvalue weighted by atomic mass is 32.2. The molecule has 1 atom stereocenters. The Bertz CT molecular complexity index is 901. The van der Waals surface area contributed by atoms with E-state index in [9.17, 15) is 13.2 Å². The smallest absolute Gasteiger partial charge is 0.241 e. The maximum atomic E-state index is 12.5. The fourth-order valence-corrected chi connectivity index (χ4v) is 3.47. The van der Waals surface area contributed by atoms with Gasteiger partial charge in [0.05, 0.1) is 16.5 Å². The van der Waals surface area contributed by atoms with Crippen molar-refractivity contribution >= 4 is 21.6 Å². The van der Waals surface area contributed by atoms with Gasteiger partial charge in [0.15, 0.2) is 0 Å². The molecule has 6 nitrogen and oxygen atoms in total. The van der Waals surface area contributed by atoms with Gasteiger partial charge in [0, 0.05) is 18.7 Å². The van der Waals surface area contributed by atoms with E-state index in [1.54, 1.807) is 37.3 Å². The lowest BCUT2D eigenvalue weighted by atomic mass is 10.1. The quantitative estimate of drug-likeness (QED) is 0.871. The average molecular weight is 343 g/mol. The summed E-state index contributed by atoms with van der Waals surface area (Å²) in [4.78, 5) is 11.2. The van der Waals surface area contributed by atoms with Crippen LogP contribution in [0, 0.1) is 11.3 Å². The highest BCUT2D eigenvalue weighted by Gasteiger charge is 2.19. The molecular weight excluding hydrogens is 326 g/mol. The van der Waals surface area contributed by atoms with Crippen molar-refractivity contribution in [1.82, 2.24) is 4.72 Å². The summed E-state index contributed by atoms with van der Waals surface area (Å²) < 4.78 is 27.5. The second-order valence-corrected chi connectivity index (χ2v) is 7.00. The molecule has 0 aliphatic carbocycles. The van der Waals surface area contributed by atoms with Crippen LogP contribution in [0.15, 0.2) is 53.4 Å². The van der Waals surface area contributed by atoms with E-state index in [0.29, 0.717) is 11.3 Å². The summed E-state index contributed by atoms with van der Waals surface area (Å²) in [5.41, 5.74) is 1.58. The molecule has 0 spiro atoms. The second-order valence-electron chi connectivity index (χ2n) is 5.29. The first-order valence-corrected chi connectivity index (χ1v) is 8.70. The normalized spacial score (nSPS) is 12.2. The Hall–Kier alpha value is -2.69. The number of hydrogen-bond acceptors (Lipinski definition) is 4. The second kappa shape index (κ2) is 7.25. The van der Waals surface area contributed by atoms with Gasteiger partial charge in [-0.15, -0.1) is 0 Å². The molecule has 0 heterocycles. The molecule has 0 saturated heterocycles. The van der Waals surface area contributed by atoms with Gasteiger partial charge in [-0.25, -0.2) is 13.1 Å².